The molecule has 32 heavy (non-hydrogen) atoms. The Bertz CT molecular complexity index is 993. The molecular weight excluding hydrogens is 416 g/mol. The van der Waals surface area contributed by atoms with E-state index in [1.165, 1.54) is 4.90 Å². The summed E-state index contributed by atoms with van der Waals surface area (Å²) in [5.74, 6) is -3.17. The first-order chi connectivity index (χ1) is 15.3. The fraction of sp³-hybridized carbons (Fsp3) is 0.304. The van der Waals surface area contributed by atoms with Gasteiger partial charge in [0, 0.05) is 12.8 Å². The summed E-state index contributed by atoms with van der Waals surface area (Å²) in [6, 6.07) is 14.1. The number of ether oxygens (including phenoxy) is 1. The zero-order valence-corrected chi connectivity index (χ0v) is 17.3. The third-order valence-corrected chi connectivity index (χ3v) is 5.25. The zero-order chi connectivity index (χ0) is 23.1. The summed E-state index contributed by atoms with van der Waals surface area (Å²) in [5.41, 5.74) is 2.53. The van der Waals surface area contributed by atoms with Gasteiger partial charge in [0.15, 0.2) is 0 Å². The largest absolute Gasteiger partial charge is 0.481 e. The molecule has 9 nitrogen and oxygen atoms in total. The predicted octanol–water partition coefficient (Wildman–Crippen LogP) is 2.18. The summed E-state index contributed by atoms with van der Waals surface area (Å²) >= 11 is 0. The molecule has 0 fully saturated rings. The number of aliphatic carboxylic acids is 2. The lowest BCUT2D eigenvalue weighted by molar-refractivity contribution is -0.143. The Morgan fingerprint density at radius 2 is 1.66 bits per heavy atom. The van der Waals surface area contributed by atoms with Gasteiger partial charge >= 0.3 is 18.0 Å². The molecular formula is C23H24N2O7. The highest BCUT2D eigenvalue weighted by Crippen LogP contribution is 2.24. The molecule has 3 rings (SSSR count). The Kier molecular flexibility index (Phi) is 7.43. The van der Waals surface area contributed by atoms with Crippen molar-refractivity contribution in [3.8, 4) is 0 Å². The first kappa shape index (κ1) is 22.8. The van der Waals surface area contributed by atoms with E-state index in [1.807, 2.05) is 54.6 Å². The van der Waals surface area contributed by atoms with Crippen LogP contribution in [0.5, 0.6) is 0 Å². The number of hydrogen-bond donors (Lipinski definition) is 3. The van der Waals surface area contributed by atoms with Gasteiger partial charge in [0.05, 0.1) is 6.54 Å². The van der Waals surface area contributed by atoms with Crippen LogP contribution in [0.2, 0.25) is 0 Å². The number of rotatable bonds is 8. The number of carboxylic acid groups (broad SMARTS) is 2. The monoisotopic (exact) mass is 440 g/mol. The van der Waals surface area contributed by atoms with Crippen molar-refractivity contribution in [2.24, 2.45) is 0 Å². The van der Waals surface area contributed by atoms with Crippen LogP contribution < -0.4 is 5.32 Å². The van der Waals surface area contributed by atoms with E-state index in [9.17, 15) is 24.3 Å². The van der Waals surface area contributed by atoms with E-state index in [1.54, 1.807) is 0 Å². The average molecular weight is 440 g/mol. The van der Waals surface area contributed by atoms with Crippen LogP contribution in [0.25, 0.3) is 0 Å². The molecule has 2 aromatic carbocycles. The van der Waals surface area contributed by atoms with Crippen LogP contribution in [0.3, 0.4) is 0 Å². The molecule has 2 atom stereocenters. The summed E-state index contributed by atoms with van der Waals surface area (Å²) in [6.45, 7) is 0.164. The first-order valence-corrected chi connectivity index (χ1v) is 10.1. The first-order valence-electron chi connectivity index (χ1n) is 10.1. The maximum absolute atomic E-state index is 13.0. The molecule has 1 aliphatic rings. The van der Waals surface area contributed by atoms with Gasteiger partial charge in [-0.05, 0) is 23.1 Å². The molecule has 0 unspecified atom stereocenters. The quantitative estimate of drug-likeness (QED) is 0.573. The fourth-order valence-electron chi connectivity index (χ4n) is 3.54. The van der Waals surface area contributed by atoms with Crippen LogP contribution >= 0.6 is 0 Å². The lowest BCUT2D eigenvalue weighted by Gasteiger charge is -2.35. The average Bonchev–Trinajstić information content (AvgIpc) is 2.79. The van der Waals surface area contributed by atoms with E-state index in [4.69, 9.17) is 9.84 Å². The van der Waals surface area contributed by atoms with Gasteiger partial charge in [-0.25, -0.2) is 9.59 Å². The van der Waals surface area contributed by atoms with Crippen LogP contribution in [0.15, 0.2) is 54.6 Å². The Morgan fingerprint density at radius 1 is 1.00 bits per heavy atom. The lowest BCUT2D eigenvalue weighted by Crippen LogP contribution is -2.55. The van der Waals surface area contributed by atoms with E-state index in [0.717, 1.165) is 16.7 Å². The minimum absolute atomic E-state index is 0.0303. The summed E-state index contributed by atoms with van der Waals surface area (Å²) in [6.07, 6.45) is -1.18. The van der Waals surface area contributed by atoms with Gasteiger partial charge in [-0.1, -0.05) is 54.6 Å². The molecule has 0 saturated carbocycles. The van der Waals surface area contributed by atoms with E-state index < -0.39 is 42.4 Å². The highest BCUT2D eigenvalue weighted by molar-refractivity contribution is 5.90. The lowest BCUT2D eigenvalue weighted by atomic mass is 9.93. The number of carboxylic acids is 2. The molecule has 0 bridgehead atoms. The minimum Gasteiger partial charge on any atom is -0.481 e. The van der Waals surface area contributed by atoms with Gasteiger partial charge in [0.1, 0.15) is 18.7 Å². The number of benzene rings is 2. The van der Waals surface area contributed by atoms with Crippen molar-refractivity contribution in [2.45, 2.75) is 44.5 Å². The molecule has 2 aromatic rings. The van der Waals surface area contributed by atoms with Crippen LogP contribution in [0, 0.1) is 0 Å². The van der Waals surface area contributed by atoms with Gasteiger partial charge in [-0.2, -0.15) is 0 Å². The number of carbonyl (C=O) groups excluding carboxylic acids is 2. The number of fused-ring (bicyclic) bond motifs is 1. The van der Waals surface area contributed by atoms with Gasteiger partial charge in [0.25, 0.3) is 0 Å². The summed E-state index contributed by atoms with van der Waals surface area (Å²) < 4.78 is 5.41. The Balaban J connectivity index is 1.76. The van der Waals surface area contributed by atoms with Crippen molar-refractivity contribution in [1.82, 2.24) is 10.2 Å². The number of amides is 2. The molecule has 2 amide bonds. The van der Waals surface area contributed by atoms with E-state index in [-0.39, 0.29) is 26.0 Å². The summed E-state index contributed by atoms with van der Waals surface area (Å²) in [5, 5.41) is 20.6. The normalized spacial score (nSPS) is 15.9. The van der Waals surface area contributed by atoms with Crippen molar-refractivity contribution in [3.63, 3.8) is 0 Å². The predicted molar refractivity (Wildman–Crippen MR) is 113 cm³/mol. The number of carbonyl (C=O) groups is 4. The molecule has 0 aromatic heterocycles. The van der Waals surface area contributed by atoms with Gasteiger partial charge < -0.3 is 20.3 Å². The molecule has 0 spiro atoms. The molecule has 0 saturated heterocycles. The molecule has 0 aliphatic carbocycles. The molecule has 0 radical (unpaired) electrons. The van der Waals surface area contributed by atoms with Gasteiger partial charge in [0.2, 0.25) is 5.91 Å². The van der Waals surface area contributed by atoms with Crippen molar-refractivity contribution >= 4 is 23.9 Å². The third kappa shape index (κ3) is 5.84. The second-order valence-electron chi connectivity index (χ2n) is 7.49. The molecule has 1 heterocycles. The maximum Gasteiger partial charge on any atom is 0.411 e. The van der Waals surface area contributed by atoms with Crippen molar-refractivity contribution in [3.05, 3.63) is 71.3 Å². The highest BCUT2D eigenvalue weighted by atomic mass is 16.6. The van der Waals surface area contributed by atoms with Gasteiger partial charge in [-0.15, -0.1) is 0 Å². The van der Waals surface area contributed by atoms with Crippen LogP contribution in [0.1, 0.15) is 29.5 Å². The van der Waals surface area contributed by atoms with E-state index >= 15 is 0 Å². The van der Waals surface area contributed by atoms with Crippen LogP contribution in [-0.4, -0.2) is 51.1 Å². The van der Waals surface area contributed by atoms with Crippen LogP contribution in [-0.2, 0) is 38.7 Å². The second-order valence-corrected chi connectivity index (χ2v) is 7.49. The number of nitrogens with one attached hydrogen (secondary N) is 1. The summed E-state index contributed by atoms with van der Waals surface area (Å²) in [7, 11) is 0. The number of hydrogen-bond acceptors (Lipinski definition) is 5. The van der Waals surface area contributed by atoms with Crippen molar-refractivity contribution in [1.29, 1.82) is 0 Å². The van der Waals surface area contributed by atoms with Crippen molar-refractivity contribution in [2.75, 3.05) is 0 Å². The Labute approximate surface area is 184 Å². The highest BCUT2D eigenvalue weighted by Gasteiger charge is 2.37. The van der Waals surface area contributed by atoms with E-state index in [0.29, 0.717) is 0 Å². The fourth-order valence-corrected chi connectivity index (χ4v) is 3.54. The van der Waals surface area contributed by atoms with Gasteiger partial charge in [-0.3, -0.25) is 14.5 Å². The standard InChI is InChI=1S/C23H24N2O7/c26-20(27)11-10-18(22(29)30)24-21(28)19-12-16-8-4-5-9-17(16)13-25(19)23(31)32-14-15-6-2-1-3-7-15/h1-9,18-19H,10-14H2,(H,24,28)(H,26,27)(H,29,30)/t18-,19-/m0/s1. The summed E-state index contributed by atoms with van der Waals surface area (Å²) in [4.78, 5) is 49.4. The number of nitrogens with zero attached hydrogens (tertiary/aromatic N) is 1. The smallest absolute Gasteiger partial charge is 0.411 e. The Hall–Kier alpha value is -3.88. The Morgan fingerprint density at radius 3 is 2.31 bits per heavy atom. The molecule has 1 aliphatic heterocycles. The molecule has 168 valence electrons. The second kappa shape index (κ2) is 10.4. The van der Waals surface area contributed by atoms with Crippen molar-refractivity contribution < 1.29 is 34.1 Å². The molecule has 9 heteroatoms. The van der Waals surface area contributed by atoms with Crippen LogP contribution in [0.4, 0.5) is 4.79 Å². The zero-order valence-electron chi connectivity index (χ0n) is 17.3. The topological polar surface area (TPSA) is 133 Å². The SMILES string of the molecule is O=C(O)CC[C@H](NC(=O)[C@@H]1Cc2ccccc2CN1C(=O)OCc1ccccc1)C(=O)O. The third-order valence-electron chi connectivity index (χ3n) is 5.25. The van der Waals surface area contributed by atoms with E-state index in [2.05, 4.69) is 5.32 Å². The maximum atomic E-state index is 13.0. The minimum atomic E-state index is -1.38. The molecule has 3 N–H and O–H groups in total.